The molecule has 4 rings (SSSR count). The van der Waals surface area contributed by atoms with Crippen molar-refractivity contribution in [3.63, 3.8) is 0 Å². The molecule has 0 amide bonds. The lowest BCUT2D eigenvalue weighted by Gasteiger charge is -2.27. The van der Waals surface area contributed by atoms with Crippen LogP contribution in [0.4, 0.5) is 0 Å². The van der Waals surface area contributed by atoms with Gasteiger partial charge in [0.25, 0.3) is 0 Å². The Bertz CT molecular complexity index is 759. The Morgan fingerprint density at radius 1 is 0.370 bits per heavy atom. The van der Waals surface area contributed by atoms with Gasteiger partial charge in [0.15, 0.2) is 0 Å². The first kappa shape index (κ1) is 19.0. The second kappa shape index (κ2) is 9.28. The van der Waals surface area contributed by atoms with Gasteiger partial charge >= 0.3 is 0 Å². The number of hydrogen-bond donors (Lipinski definition) is 0. The van der Waals surface area contributed by atoms with Crippen LogP contribution in [0, 0.1) is 0 Å². The first-order chi connectivity index (χ1) is 13.4. The average molecular weight is 370 g/mol. The van der Waals surface area contributed by atoms with Gasteiger partial charge in [-0.25, -0.2) is 0 Å². The summed E-state index contributed by atoms with van der Waals surface area (Å²) in [5, 5.41) is 13.8. The molecule has 1 nitrogen and oxygen atoms in total. The van der Waals surface area contributed by atoms with Crippen LogP contribution in [0.3, 0.4) is 0 Å². The second-order valence-corrected chi connectivity index (χ2v) is 9.42. The van der Waals surface area contributed by atoms with Gasteiger partial charge in [-0.15, -0.1) is 0 Å². The largest absolute Gasteiger partial charge is 0.857 e. The van der Waals surface area contributed by atoms with E-state index in [1.807, 2.05) is 0 Å². The van der Waals surface area contributed by atoms with E-state index in [0.717, 1.165) is 7.11 Å². The van der Waals surface area contributed by atoms with Crippen LogP contribution in [0.1, 0.15) is 0 Å². The van der Waals surface area contributed by atoms with Crippen molar-refractivity contribution in [1.82, 2.24) is 0 Å². The van der Waals surface area contributed by atoms with Crippen molar-refractivity contribution in [2.75, 3.05) is 7.11 Å². The topological polar surface area (TPSA) is 23.1 Å². The molecular weight excluding hydrogens is 347 g/mol. The molecule has 27 heavy (non-hydrogen) atoms. The van der Waals surface area contributed by atoms with Gasteiger partial charge in [0.1, 0.15) is 28.5 Å². The quantitative estimate of drug-likeness (QED) is 0.506. The summed E-state index contributed by atoms with van der Waals surface area (Å²) in [7, 11) is -1.16. The van der Waals surface area contributed by atoms with E-state index < -0.39 is 7.26 Å². The molecule has 0 radical (unpaired) electrons. The van der Waals surface area contributed by atoms with Gasteiger partial charge < -0.3 is 5.11 Å². The van der Waals surface area contributed by atoms with Crippen molar-refractivity contribution >= 4 is 28.5 Å². The molecule has 4 aromatic rings. The van der Waals surface area contributed by atoms with Crippen LogP contribution < -0.4 is 26.3 Å². The van der Waals surface area contributed by atoms with Crippen LogP contribution >= 0.6 is 7.26 Å². The van der Waals surface area contributed by atoms with Gasteiger partial charge in [-0.3, -0.25) is 0 Å². The maximum Gasteiger partial charge on any atom is 0.144 e. The fourth-order valence-corrected chi connectivity index (χ4v) is 7.77. The van der Waals surface area contributed by atoms with E-state index >= 15 is 0 Å². The maximum absolute atomic E-state index is 8.25. The molecule has 134 valence electrons. The standard InChI is InChI=1S/C24H20P.CH3O/c1-5-13-21(14-6-1)25(22-15-7-2-8-16-22,23-17-9-3-10-18-23)24-19-11-4-12-20-24;1-2/h1-20H;1H3/q+1;-1. The zero-order valence-electron chi connectivity index (χ0n) is 15.4. The monoisotopic (exact) mass is 370 g/mol. The fourth-order valence-electron chi connectivity index (χ4n) is 3.50. The van der Waals surface area contributed by atoms with E-state index in [0.29, 0.717) is 0 Å². The highest BCUT2D eigenvalue weighted by molar-refractivity contribution is 8.01. The molecule has 0 aliphatic heterocycles. The molecule has 0 aromatic heterocycles. The average Bonchev–Trinajstić information content (AvgIpc) is 2.79. The lowest BCUT2D eigenvalue weighted by Crippen LogP contribution is -2.38. The van der Waals surface area contributed by atoms with E-state index in [-0.39, 0.29) is 0 Å². The third-order valence-corrected chi connectivity index (χ3v) is 8.86. The summed E-state index contributed by atoms with van der Waals surface area (Å²) in [6, 6.07) is 43.8. The molecule has 0 heterocycles. The van der Waals surface area contributed by atoms with Crippen molar-refractivity contribution in [2.24, 2.45) is 0 Å². The first-order valence-corrected chi connectivity index (χ1v) is 10.7. The van der Waals surface area contributed by atoms with Gasteiger partial charge in [-0.05, 0) is 48.5 Å². The van der Waals surface area contributed by atoms with Crippen molar-refractivity contribution in [3.8, 4) is 0 Å². The molecule has 0 saturated carbocycles. The fraction of sp³-hybridized carbons (Fsp3) is 0.0400. The highest BCUT2D eigenvalue weighted by Gasteiger charge is 2.47. The summed E-state index contributed by atoms with van der Waals surface area (Å²) < 4.78 is 0. The van der Waals surface area contributed by atoms with E-state index in [4.69, 9.17) is 5.11 Å². The minimum Gasteiger partial charge on any atom is -0.857 e. The molecule has 0 spiro atoms. The predicted octanol–water partition coefficient (Wildman–Crippen LogP) is 3.28. The van der Waals surface area contributed by atoms with Gasteiger partial charge in [0.2, 0.25) is 0 Å². The van der Waals surface area contributed by atoms with Crippen molar-refractivity contribution in [1.29, 1.82) is 0 Å². The minimum atomic E-state index is -1.91. The number of rotatable bonds is 4. The third-order valence-electron chi connectivity index (χ3n) is 4.57. The van der Waals surface area contributed by atoms with Crippen LogP contribution in [0.25, 0.3) is 0 Å². The highest BCUT2D eigenvalue weighted by atomic mass is 31.2. The molecule has 0 unspecified atom stereocenters. The number of hydrogen-bond acceptors (Lipinski definition) is 1. The van der Waals surface area contributed by atoms with E-state index in [1.165, 1.54) is 21.2 Å². The molecular formula is C25H23OP. The SMILES string of the molecule is C[O-].c1ccc([P+](c2ccccc2)(c2ccccc2)c2ccccc2)cc1. The van der Waals surface area contributed by atoms with Crippen LogP contribution in [0.15, 0.2) is 121 Å². The zero-order valence-corrected chi connectivity index (χ0v) is 16.3. The molecule has 4 aromatic carbocycles. The second-order valence-electron chi connectivity index (χ2n) is 6.01. The Balaban J connectivity index is 0.00000102. The summed E-state index contributed by atoms with van der Waals surface area (Å²) in [6.45, 7) is 0. The van der Waals surface area contributed by atoms with Crippen LogP contribution in [-0.2, 0) is 0 Å². The van der Waals surface area contributed by atoms with Gasteiger partial charge in [-0.2, -0.15) is 7.11 Å². The Hall–Kier alpha value is -2.73. The van der Waals surface area contributed by atoms with Crippen LogP contribution in [-0.4, -0.2) is 7.11 Å². The highest BCUT2D eigenvalue weighted by Crippen LogP contribution is 2.53. The minimum absolute atomic E-state index is 0.750. The normalized spacial score (nSPS) is 10.6. The molecule has 0 bridgehead atoms. The predicted molar refractivity (Wildman–Crippen MR) is 117 cm³/mol. The van der Waals surface area contributed by atoms with Gasteiger partial charge in [-0.1, -0.05) is 72.8 Å². The van der Waals surface area contributed by atoms with Crippen LogP contribution in [0.2, 0.25) is 0 Å². The summed E-state index contributed by atoms with van der Waals surface area (Å²) in [4.78, 5) is 0. The Morgan fingerprint density at radius 2 is 0.556 bits per heavy atom. The van der Waals surface area contributed by atoms with Gasteiger partial charge in [0.05, 0.1) is 0 Å². The molecule has 0 N–H and O–H groups in total. The molecule has 0 saturated heterocycles. The van der Waals surface area contributed by atoms with Crippen molar-refractivity contribution < 1.29 is 5.11 Å². The molecule has 2 heteroatoms. The molecule has 0 aliphatic carbocycles. The van der Waals surface area contributed by atoms with Gasteiger partial charge in [0, 0.05) is 0 Å². The zero-order chi connectivity index (χ0) is 19.0. The lowest BCUT2D eigenvalue weighted by molar-refractivity contribution is -0.325. The first-order valence-electron chi connectivity index (χ1n) is 8.95. The van der Waals surface area contributed by atoms with Crippen molar-refractivity contribution in [2.45, 2.75) is 0 Å². The van der Waals surface area contributed by atoms with Crippen molar-refractivity contribution in [3.05, 3.63) is 121 Å². The van der Waals surface area contributed by atoms with Crippen LogP contribution in [0.5, 0.6) is 0 Å². The smallest absolute Gasteiger partial charge is 0.144 e. The summed E-state index contributed by atoms with van der Waals surface area (Å²) in [5.41, 5.74) is 0. The molecule has 0 atom stereocenters. The third kappa shape index (κ3) is 3.71. The molecule has 0 aliphatic rings. The summed E-state index contributed by atoms with van der Waals surface area (Å²) >= 11 is 0. The van der Waals surface area contributed by atoms with E-state index in [1.54, 1.807) is 0 Å². The summed E-state index contributed by atoms with van der Waals surface area (Å²) in [6.07, 6.45) is 0. The summed E-state index contributed by atoms with van der Waals surface area (Å²) in [5.74, 6) is 0. The Labute approximate surface area is 162 Å². The maximum atomic E-state index is 8.25. The Kier molecular flexibility index (Phi) is 6.54. The van der Waals surface area contributed by atoms with E-state index in [2.05, 4.69) is 121 Å². The molecule has 0 fully saturated rings. The Morgan fingerprint density at radius 3 is 0.741 bits per heavy atom. The lowest BCUT2D eigenvalue weighted by atomic mass is 10.3. The van der Waals surface area contributed by atoms with E-state index in [9.17, 15) is 0 Å². The number of benzene rings is 4.